The molecule has 2 bridgehead atoms. The van der Waals surface area contributed by atoms with E-state index in [1.54, 1.807) is 4.90 Å². The first-order valence-corrected chi connectivity index (χ1v) is 9.48. The van der Waals surface area contributed by atoms with Gasteiger partial charge in [-0.1, -0.05) is 30.3 Å². The predicted octanol–water partition coefficient (Wildman–Crippen LogP) is 2.87. The lowest BCUT2D eigenvalue weighted by Crippen LogP contribution is -2.62. The molecule has 1 aromatic rings. The highest BCUT2D eigenvalue weighted by Crippen LogP contribution is 2.32. The van der Waals surface area contributed by atoms with Crippen molar-refractivity contribution in [2.75, 3.05) is 20.1 Å². The molecule has 152 valence electrons. The molecule has 28 heavy (non-hydrogen) atoms. The fourth-order valence-electron chi connectivity index (χ4n) is 3.61. The molecule has 1 amide bonds. The second-order valence-corrected chi connectivity index (χ2v) is 8.35. The first-order valence-electron chi connectivity index (χ1n) is 9.48. The van der Waals surface area contributed by atoms with Crippen molar-refractivity contribution in [1.82, 2.24) is 9.80 Å². The van der Waals surface area contributed by atoms with E-state index >= 15 is 0 Å². The Morgan fingerprint density at radius 2 is 1.86 bits per heavy atom. The average molecular weight is 388 g/mol. The van der Waals surface area contributed by atoms with Gasteiger partial charge in [0.2, 0.25) is 0 Å². The van der Waals surface area contributed by atoms with Crippen LogP contribution in [0.4, 0.5) is 4.79 Å². The number of ether oxygens (including phenoxy) is 2. The van der Waals surface area contributed by atoms with Gasteiger partial charge >= 0.3 is 12.1 Å². The third kappa shape index (κ3) is 4.47. The summed E-state index contributed by atoms with van der Waals surface area (Å²) in [6.07, 6.45) is -0.115. The van der Waals surface area contributed by atoms with Gasteiger partial charge in [0.05, 0.1) is 11.6 Å². The summed E-state index contributed by atoms with van der Waals surface area (Å²) in [6.45, 7) is 6.30. The highest BCUT2D eigenvalue weighted by atomic mass is 16.6. The van der Waals surface area contributed by atoms with Gasteiger partial charge in [0.15, 0.2) is 0 Å². The van der Waals surface area contributed by atoms with Crippen LogP contribution in [0.5, 0.6) is 0 Å². The van der Waals surface area contributed by atoms with Crippen LogP contribution in [0.3, 0.4) is 0 Å². The van der Waals surface area contributed by atoms with Crippen molar-refractivity contribution in [2.24, 2.45) is 0 Å². The molecule has 0 saturated carbocycles. The van der Waals surface area contributed by atoms with Gasteiger partial charge in [-0.05, 0) is 33.4 Å². The second kappa shape index (κ2) is 7.83. The number of aliphatic hydroxyl groups is 1. The number of carbonyl (C=O) groups excluding carboxylic acids is 2. The molecule has 7 nitrogen and oxygen atoms in total. The minimum atomic E-state index is -0.592. The van der Waals surface area contributed by atoms with E-state index in [0.29, 0.717) is 13.0 Å². The van der Waals surface area contributed by atoms with Crippen molar-refractivity contribution < 1.29 is 24.2 Å². The van der Waals surface area contributed by atoms with Crippen LogP contribution in [0.2, 0.25) is 0 Å². The Morgan fingerprint density at radius 1 is 1.18 bits per heavy atom. The van der Waals surface area contributed by atoms with E-state index in [9.17, 15) is 14.7 Å². The van der Waals surface area contributed by atoms with E-state index in [1.165, 1.54) is 0 Å². The number of rotatable bonds is 3. The zero-order chi connectivity index (χ0) is 20.5. The van der Waals surface area contributed by atoms with E-state index < -0.39 is 23.7 Å². The number of carbonyl (C=O) groups is 2. The van der Waals surface area contributed by atoms with Crippen LogP contribution in [-0.2, 0) is 20.9 Å². The maximum absolute atomic E-state index is 12.7. The first-order chi connectivity index (χ1) is 13.2. The topological polar surface area (TPSA) is 79.3 Å². The van der Waals surface area contributed by atoms with Crippen molar-refractivity contribution in [3.63, 3.8) is 0 Å². The zero-order valence-corrected chi connectivity index (χ0v) is 16.8. The van der Waals surface area contributed by atoms with Gasteiger partial charge in [0.25, 0.3) is 0 Å². The summed E-state index contributed by atoms with van der Waals surface area (Å²) in [5.41, 5.74) is 0.505. The smallest absolute Gasteiger partial charge is 0.410 e. The quantitative estimate of drug-likeness (QED) is 0.802. The Labute approximate surface area is 165 Å². The van der Waals surface area contributed by atoms with E-state index in [0.717, 1.165) is 5.56 Å². The molecule has 0 spiro atoms. The lowest BCUT2D eigenvalue weighted by atomic mass is 9.90. The molecule has 0 radical (unpaired) electrons. The number of hydrogen-bond donors (Lipinski definition) is 1. The molecule has 2 unspecified atom stereocenters. The largest absolute Gasteiger partial charge is 0.512 e. The van der Waals surface area contributed by atoms with Crippen LogP contribution in [-0.4, -0.2) is 64.8 Å². The number of benzene rings is 1. The Balaban J connectivity index is 1.73. The fourth-order valence-corrected chi connectivity index (χ4v) is 3.61. The molecule has 0 aliphatic carbocycles. The lowest BCUT2D eigenvalue weighted by Gasteiger charge is -2.48. The van der Waals surface area contributed by atoms with E-state index in [-0.39, 0.29) is 30.5 Å². The van der Waals surface area contributed by atoms with Gasteiger partial charge in [-0.3, -0.25) is 4.90 Å². The summed E-state index contributed by atoms with van der Waals surface area (Å²) in [4.78, 5) is 28.9. The number of piperazine rings is 1. The molecular formula is C21H28N2O5. The van der Waals surface area contributed by atoms with Gasteiger partial charge in [-0.2, -0.15) is 0 Å². The van der Waals surface area contributed by atoms with Crippen LogP contribution in [0.15, 0.2) is 41.7 Å². The molecule has 2 heterocycles. The molecule has 7 heteroatoms. The van der Waals surface area contributed by atoms with Gasteiger partial charge < -0.3 is 19.5 Å². The van der Waals surface area contributed by atoms with E-state index in [2.05, 4.69) is 0 Å². The maximum atomic E-state index is 12.7. The predicted molar refractivity (Wildman–Crippen MR) is 104 cm³/mol. The minimum Gasteiger partial charge on any atom is -0.512 e. The number of esters is 1. The standard InChI is InChI=1S/C21H28N2O5/c1-21(2,3)28-20(26)23-11-15-10-17(24)18(16(12-23)22(15)4)19(25)27-13-14-8-6-5-7-9-14/h5-9,15-16,24H,10-13H2,1-4H3. The Bertz CT molecular complexity index is 769. The number of nitrogens with zero attached hydrogens (tertiary/aromatic N) is 2. The molecule has 2 aliphatic heterocycles. The van der Waals surface area contributed by atoms with Crippen LogP contribution >= 0.6 is 0 Å². The number of amides is 1. The van der Waals surface area contributed by atoms with Crippen LogP contribution in [0.25, 0.3) is 0 Å². The van der Waals surface area contributed by atoms with Gasteiger partial charge in [0, 0.05) is 25.6 Å². The number of hydrogen-bond acceptors (Lipinski definition) is 6. The van der Waals surface area contributed by atoms with Gasteiger partial charge in [0.1, 0.15) is 18.0 Å². The van der Waals surface area contributed by atoms with E-state index in [4.69, 9.17) is 9.47 Å². The summed E-state index contributed by atoms with van der Waals surface area (Å²) >= 11 is 0. The Morgan fingerprint density at radius 3 is 2.50 bits per heavy atom. The molecule has 1 fully saturated rings. The van der Waals surface area contributed by atoms with Crippen molar-refractivity contribution >= 4 is 12.1 Å². The highest BCUT2D eigenvalue weighted by Gasteiger charge is 2.44. The first kappa shape index (κ1) is 20.2. The van der Waals surface area contributed by atoms with Crippen molar-refractivity contribution in [3.8, 4) is 0 Å². The van der Waals surface area contributed by atoms with Gasteiger partial charge in [-0.25, -0.2) is 9.59 Å². The zero-order valence-electron chi connectivity index (χ0n) is 16.8. The molecular weight excluding hydrogens is 360 g/mol. The maximum Gasteiger partial charge on any atom is 0.410 e. The van der Waals surface area contributed by atoms with Crippen LogP contribution < -0.4 is 0 Å². The summed E-state index contributed by atoms with van der Waals surface area (Å²) in [7, 11) is 1.90. The molecule has 2 aliphatic rings. The fraction of sp³-hybridized carbons (Fsp3) is 0.524. The van der Waals surface area contributed by atoms with Crippen molar-refractivity contribution in [1.29, 1.82) is 0 Å². The molecule has 1 N–H and O–H groups in total. The molecule has 0 aromatic heterocycles. The summed E-state index contributed by atoms with van der Waals surface area (Å²) in [6, 6.07) is 8.88. The Kier molecular flexibility index (Phi) is 5.65. The normalized spacial score (nSPS) is 22.8. The monoisotopic (exact) mass is 388 g/mol. The van der Waals surface area contributed by atoms with Crippen LogP contribution in [0.1, 0.15) is 32.8 Å². The average Bonchev–Trinajstić information content (AvgIpc) is 2.60. The molecule has 3 rings (SSSR count). The van der Waals surface area contributed by atoms with Gasteiger partial charge in [-0.15, -0.1) is 0 Å². The third-order valence-corrected chi connectivity index (χ3v) is 5.05. The van der Waals surface area contributed by atoms with Crippen LogP contribution in [0, 0.1) is 0 Å². The second-order valence-electron chi connectivity index (χ2n) is 8.35. The summed E-state index contributed by atoms with van der Waals surface area (Å²) in [5, 5.41) is 10.5. The lowest BCUT2D eigenvalue weighted by molar-refractivity contribution is -0.142. The molecule has 1 aromatic carbocycles. The molecule has 1 saturated heterocycles. The summed E-state index contributed by atoms with van der Waals surface area (Å²) in [5.74, 6) is -0.502. The van der Waals surface area contributed by atoms with Crippen molar-refractivity contribution in [2.45, 2.75) is 51.5 Å². The Hall–Kier alpha value is -2.54. The van der Waals surface area contributed by atoms with E-state index in [1.807, 2.05) is 63.1 Å². The molecule has 2 atom stereocenters. The highest BCUT2D eigenvalue weighted by molar-refractivity contribution is 5.91. The number of likely N-dealkylation sites (N-methyl/N-ethyl adjacent to an activating group) is 1. The SMILES string of the molecule is CN1C2CC(O)=C(C(=O)OCc3ccccc3)C1CN(C(=O)OC(C)(C)C)C2. The summed E-state index contributed by atoms with van der Waals surface area (Å²) < 4.78 is 10.9. The van der Waals surface area contributed by atoms with Crippen molar-refractivity contribution in [3.05, 3.63) is 47.2 Å². The number of aliphatic hydroxyl groups excluding tert-OH is 1. The number of fused-ring (bicyclic) bond motifs is 2. The third-order valence-electron chi connectivity index (χ3n) is 5.05. The minimum absolute atomic E-state index is 0.0509.